The number of ketones is 1. The van der Waals surface area contributed by atoms with Crippen LogP contribution in [0.5, 0.6) is 0 Å². The number of methoxy groups -OCH3 is 1. The topological polar surface area (TPSA) is 35.5 Å². The smallest absolute Gasteiger partial charge is 0.236 e. The first-order valence-corrected chi connectivity index (χ1v) is 5.70. The molecule has 0 aromatic carbocycles. The van der Waals surface area contributed by atoms with E-state index in [4.69, 9.17) is 9.47 Å². The fraction of sp³-hybridized carbons (Fsp3) is 0.615. The quantitative estimate of drug-likeness (QED) is 0.662. The molecular weight excluding hydrogens is 204 g/mol. The molecule has 4 aliphatic rings. The van der Waals surface area contributed by atoms with Gasteiger partial charge in [-0.25, -0.2) is 0 Å². The van der Waals surface area contributed by atoms with Gasteiger partial charge in [0.15, 0.2) is 5.78 Å². The molecule has 5 atom stereocenters. The Balaban J connectivity index is 2.17. The highest BCUT2D eigenvalue weighted by Gasteiger charge is 2.66. The predicted molar refractivity (Wildman–Crippen MR) is 58.6 cm³/mol. The summed E-state index contributed by atoms with van der Waals surface area (Å²) in [5.41, 5.74) is 1.15. The molecule has 3 nitrogen and oxygen atoms in total. The Morgan fingerprint density at radius 1 is 1.69 bits per heavy atom. The summed E-state index contributed by atoms with van der Waals surface area (Å²) in [6.07, 6.45) is 4.07. The van der Waals surface area contributed by atoms with E-state index in [2.05, 4.69) is 12.7 Å². The van der Waals surface area contributed by atoms with E-state index in [1.165, 1.54) is 0 Å². The van der Waals surface area contributed by atoms with Crippen LogP contribution < -0.4 is 0 Å². The minimum absolute atomic E-state index is 0.0676. The number of carbonyl (C=O) groups excluding carboxylic acids is 1. The number of Topliss-reactive ketones (excluding diaryl/α,β-unsaturated/α-hetero) is 1. The molecule has 3 aliphatic carbocycles. The lowest BCUT2D eigenvalue weighted by Crippen LogP contribution is -2.58. The molecule has 0 N–H and O–H groups in total. The molecule has 4 rings (SSSR count). The van der Waals surface area contributed by atoms with Gasteiger partial charge in [0, 0.05) is 18.9 Å². The average molecular weight is 220 g/mol. The van der Waals surface area contributed by atoms with E-state index in [1.807, 2.05) is 13.0 Å². The number of allylic oxidation sites excluding steroid dienone is 2. The molecule has 1 aliphatic heterocycles. The van der Waals surface area contributed by atoms with Crippen molar-refractivity contribution < 1.29 is 14.3 Å². The molecule has 4 bridgehead atoms. The molecule has 16 heavy (non-hydrogen) atoms. The van der Waals surface area contributed by atoms with Gasteiger partial charge in [0.1, 0.15) is 0 Å². The molecular formula is C13H16O3. The van der Waals surface area contributed by atoms with Gasteiger partial charge >= 0.3 is 0 Å². The van der Waals surface area contributed by atoms with Crippen molar-refractivity contribution in [1.82, 2.24) is 0 Å². The van der Waals surface area contributed by atoms with Crippen LogP contribution >= 0.6 is 0 Å². The Bertz CT molecular complexity index is 398. The molecule has 0 amide bonds. The van der Waals surface area contributed by atoms with E-state index < -0.39 is 5.79 Å². The van der Waals surface area contributed by atoms with Crippen LogP contribution in [0, 0.1) is 23.7 Å². The summed E-state index contributed by atoms with van der Waals surface area (Å²) in [6.45, 7) is 6.48. The molecule has 0 aromatic heterocycles. The highest BCUT2D eigenvalue weighted by Crippen LogP contribution is 2.56. The lowest BCUT2D eigenvalue weighted by Gasteiger charge is -2.47. The third-order valence-corrected chi connectivity index (χ3v) is 4.40. The lowest BCUT2D eigenvalue weighted by atomic mass is 9.58. The van der Waals surface area contributed by atoms with Crippen LogP contribution in [0.3, 0.4) is 0 Å². The van der Waals surface area contributed by atoms with Gasteiger partial charge in [0.2, 0.25) is 5.79 Å². The van der Waals surface area contributed by atoms with Crippen LogP contribution in [0.15, 0.2) is 24.3 Å². The van der Waals surface area contributed by atoms with Crippen LogP contribution in [0.1, 0.15) is 6.92 Å². The SMILES string of the molecule is C=C[C@H]1[C@@H]2C(=O)[C@]3(OC)OC[C@H]1[C@@H]3C=C2C. The zero-order valence-corrected chi connectivity index (χ0v) is 9.60. The Morgan fingerprint density at radius 2 is 2.44 bits per heavy atom. The summed E-state index contributed by atoms with van der Waals surface area (Å²) in [5, 5.41) is 0. The number of carbonyl (C=O) groups is 1. The largest absolute Gasteiger partial charge is 0.347 e. The molecule has 1 saturated heterocycles. The Morgan fingerprint density at radius 3 is 3.06 bits per heavy atom. The fourth-order valence-corrected chi connectivity index (χ4v) is 3.66. The van der Waals surface area contributed by atoms with E-state index in [9.17, 15) is 4.79 Å². The molecule has 1 saturated carbocycles. The molecule has 0 radical (unpaired) electrons. The Labute approximate surface area is 95.1 Å². The number of rotatable bonds is 2. The first-order chi connectivity index (χ1) is 7.65. The first-order valence-electron chi connectivity index (χ1n) is 5.70. The summed E-state index contributed by atoms with van der Waals surface area (Å²) < 4.78 is 11.1. The normalized spacial score (nSPS) is 49.4. The Kier molecular flexibility index (Phi) is 1.95. The van der Waals surface area contributed by atoms with Crippen molar-refractivity contribution in [1.29, 1.82) is 0 Å². The van der Waals surface area contributed by atoms with Crippen molar-refractivity contribution in [2.45, 2.75) is 12.7 Å². The van der Waals surface area contributed by atoms with Gasteiger partial charge in [-0.1, -0.05) is 17.7 Å². The fourth-order valence-electron chi connectivity index (χ4n) is 3.66. The molecule has 2 fully saturated rings. The zero-order valence-electron chi connectivity index (χ0n) is 9.60. The van der Waals surface area contributed by atoms with Gasteiger partial charge in [-0.05, 0) is 12.8 Å². The number of hydrogen-bond donors (Lipinski definition) is 0. The third kappa shape index (κ3) is 0.897. The summed E-state index contributed by atoms with van der Waals surface area (Å²) in [4.78, 5) is 12.4. The summed E-state index contributed by atoms with van der Waals surface area (Å²) in [5.74, 6) is -0.363. The van der Waals surface area contributed by atoms with E-state index in [0.29, 0.717) is 12.5 Å². The standard InChI is InChI=1S/C13H16O3/c1-4-8-9-6-16-13(15-3)10(9)5-7(2)11(8)12(13)14/h4-5,8-11H,1,6H2,2-3H3/t8-,9-,10+,11-,13-/m1/s1. The molecule has 1 heterocycles. The minimum Gasteiger partial charge on any atom is -0.347 e. The van der Waals surface area contributed by atoms with Gasteiger partial charge in [-0.2, -0.15) is 0 Å². The minimum atomic E-state index is -0.992. The summed E-state index contributed by atoms with van der Waals surface area (Å²) in [6, 6.07) is 0. The van der Waals surface area contributed by atoms with Crippen molar-refractivity contribution in [3.05, 3.63) is 24.3 Å². The van der Waals surface area contributed by atoms with Gasteiger partial charge in [0.25, 0.3) is 0 Å². The van der Waals surface area contributed by atoms with Crippen molar-refractivity contribution in [3.8, 4) is 0 Å². The second kappa shape index (κ2) is 3.05. The maximum atomic E-state index is 12.4. The van der Waals surface area contributed by atoms with E-state index in [-0.39, 0.29) is 23.5 Å². The van der Waals surface area contributed by atoms with E-state index >= 15 is 0 Å². The molecule has 0 spiro atoms. The lowest BCUT2D eigenvalue weighted by molar-refractivity contribution is -0.216. The van der Waals surface area contributed by atoms with Crippen LogP contribution in [-0.2, 0) is 14.3 Å². The van der Waals surface area contributed by atoms with Crippen molar-refractivity contribution in [3.63, 3.8) is 0 Å². The molecule has 86 valence electrons. The Hall–Kier alpha value is -0.930. The monoisotopic (exact) mass is 220 g/mol. The molecule has 0 unspecified atom stereocenters. The average Bonchev–Trinajstić information content (AvgIpc) is 2.60. The summed E-state index contributed by atoms with van der Waals surface area (Å²) in [7, 11) is 1.56. The van der Waals surface area contributed by atoms with Crippen molar-refractivity contribution in [2.75, 3.05) is 13.7 Å². The number of ether oxygens (including phenoxy) is 2. The second-order valence-corrected chi connectivity index (χ2v) is 4.94. The highest BCUT2D eigenvalue weighted by atomic mass is 16.7. The summed E-state index contributed by atoms with van der Waals surface area (Å²) >= 11 is 0. The zero-order chi connectivity index (χ0) is 11.5. The van der Waals surface area contributed by atoms with Crippen molar-refractivity contribution in [2.24, 2.45) is 23.7 Å². The van der Waals surface area contributed by atoms with Crippen LogP contribution in [-0.4, -0.2) is 25.3 Å². The van der Waals surface area contributed by atoms with E-state index in [1.54, 1.807) is 7.11 Å². The first kappa shape index (κ1) is 10.2. The maximum Gasteiger partial charge on any atom is 0.236 e. The van der Waals surface area contributed by atoms with Gasteiger partial charge in [0.05, 0.1) is 12.5 Å². The van der Waals surface area contributed by atoms with Gasteiger partial charge < -0.3 is 9.47 Å². The third-order valence-electron chi connectivity index (χ3n) is 4.40. The van der Waals surface area contributed by atoms with Gasteiger partial charge in [-0.3, -0.25) is 4.79 Å². The predicted octanol–water partition coefficient (Wildman–Crippen LogP) is 1.55. The van der Waals surface area contributed by atoms with Crippen LogP contribution in [0.2, 0.25) is 0 Å². The molecule has 3 heteroatoms. The van der Waals surface area contributed by atoms with Crippen LogP contribution in [0.25, 0.3) is 0 Å². The van der Waals surface area contributed by atoms with Crippen LogP contribution in [0.4, 0.5) is 0 Å². The van der Waals surface area contributed by atoms with Crippen molar-refractivity contribution >= 4 is 5.78 Å². The highest BCUT2D eigenvalue weighted by molar-refractivity contribution is 5.94. The maximum absolute atomic E-state index is 12.4. The van der Waals surface area contributed by atoms with E-state index in [0.717, 1.165) is 5.57 Å². The van der Waals surface area contributed by atoms with Gasteiger partial charge in [-0.15, -0.1) is 6.58 Å². The second-order valence-electron chi connectivity index (χ2n) is 4.94. The number of hydrogen-bond acceptors (Lipinski definition) is 3. The molecule has 0 aromatic rings.